The summed E-state index contributed by atoms with van der Waals surface area (Å²) in [6, 6.07) is 3.46. The predicted molar refractivity (Wildman–Crippen MR) is 90.5 cm³/mol. The first-order valence-corrected chi connectivity index (χ1v) is 9.00. The van der Waals surface area contributed by atoms with E-state index in [-0.39, 0.29) is 4.90 Å². The van der Waals surface area contributed by atoms with Crippen LogP contribution in [0, 0.1) is 0 Å². The van der Waals surface area contributed by atoms with Gasteiger partial charge in [0.15, 0.2) is 9.84 Å². The van der Waals surface area contributed by atoms with Gasteiger partial charge < -0.3 is 20.2 Å². The number of urea groups is 1. The third kappa shape index (κ3) is 6.59. The lowest BCUT2D eigenvalue weighted by Gasteiger charge is -2.23. The van der Waals surface area contributed by atoms with E-state index in [1.807, 2.05) is 0 Å². The van der Waals surface area contributed by atoms with Crippen LogP contribution in [0.1, 0.15) is 20.8 Å². The minimum absolute atomic E-state index is 0.0267. The third-order valence-electron chi connectivity index (χ3n) is 3.00. The SMILES string of the molecule is COc1ccc(S(=O)(=O)CC(NC(=O)NC(C)(C)C)C(=O)ON)cc1. The summed E-state index contributed by atoms with van der Waals surface area (Å²) in [6.45, 7) is 5.20. The van der Waals surface area contributed by atoms with Crippen LogP contribution < -0.4 is 21.3 Å². The molecule has 0 aliphatic heterocycles. The lowest BCUT2D eigenvalue weighted by molar-refractivity contribution is -0.145. The van der Waals surface area contributed by atoms with Crippen LogP contribution in [0.2, 0.25) is 0 Å². The van der Waals surface area contributed by atoms with Crippen LogP contribution in [0.3, 0.4) is 0 Å². The molecule has 4 N–H and O–H groups in total. The number of nitrogens with two attached hydrogens (primary N) is 1. The molecule has 1 aromatic carbocycles. The Bertz CT molecular complexity index is 710. The van der Waals surface area contributed by atoms with Crippen molar-refractivity contribution in [3.8, 4) is 5.75 Å². The highest BCUT2D eigenvalue weighted by Gasteiger charge is 2.30. The molecule has 0 heterocycles. The first-order valence-electron chi connectivity index (χ1n) is 7.34. The Labute approximate surface area is 146 Å². The van der Waals surface area contributed by atoms with Gasteiger partial charge in [0.25, 0.3) is 0 Å². The molecule has 0 spiro atoms. The summed E-state index contributed by atoms with van der Waals surface area (Å²) in [5.41, 5.74) is -0.573. The smallest absolute Gasteiger partial charge is 0.348 e. The second kappa shape index (κ2) is 8.17. The van der Waals surface area contributed by atoms with Gasteiger partial charge in [-0.05, 0) is 45.0 Å². The Morgan fingerprint density at radius 2 is 1.76 bits per heavy atom. The highest BCUT2D eigenvalue weighted by atomic mass is 32.2. The van der Waals surface area contributed by atoms with E-state index >= 15 is 0 Å². The van der Waals surface area contributed by atoms with Crippen LogP contribution in [0.15, 0.2) is 29.2 Å². The predicted octanol–water partition coefficient (Wildman–Crippen LogP) is 0.352. The molecule has 1 aromatic rings. The Balaban J connectivity index is 2.96. The first kappa shape index (κ1) is 20.7. The summed E-state index contributed by atoms with van der Waals surface area (Å²) in [6.07, 6.45) is 0. The molecule has 0 saturated heterocycles. The Kier molecular flexibility index (Phi) is 6.77. The van der Waals surface area contributed by atoms with E-state index in [9.17, 15) is 18.0 Å². The average molecular weight is 373 g/mol. The molecule has 1 unspecified atom stereocenters. The van der Waals surface area contributed by atoms with Crippen LogP contribution in [-0.4, -0.2) is 44.9 Å². The number of benzene rings is 1. The number of amides is 2. The average Bonchev–Trinajstić information content (AvgIpc) is 2.51. The molecule has 2 amide bonds. The standard InChI is InChI=1S/C15H23N3O6S/c1-15(2,3)18-14(20)17-12(13(19)24-16)9-25(21,22)11-7-5-10(23-4)6-8-11/h5-8,12H,9,16H2,1-4H3,(H2,17,18,20). The van der Waals surface area contributed by atoms with Gasteiger partial charge in [-0.3, -0.25) is 0 Å². The van der Waals surface area contributed by atoms with Crippen molar-refractivity contribution in [1.82, 2.24) is 10.6 Å². The van der Waals surface area contributed by atoms with E-state index in [1.54, 1.807) is 20.8 Å². The van der Waals surface area contributed by atoms with Gasteiger partial charge in [0.1, 0.15) is 11.8 Å². The largest absolute Gasteiger partial charge is 0.497 e. The zero-order chi connectivity index (χ0) is 19.3. The molecule has 0 saturated carbocycles. The van der Waals surface area contributed by atoms with E-state index in [2.05, 4.69) is 15.5 Å². The minimum atomic E-state index is -3.88. The summed E-state index contributed by atoms with van der Waals surface area (Å²) in [5.74, 6) is 3.55. The molecule has 1 rings (SSSR count). The number of carbonyl (C=O) groups is 2. The number of carbonyl (C=O) groups excluding carboxylic acids is 2. The summed E-state index contributed by atoms with van der Waals surface area (Å²) in [5, 5.41) is 4.82. The van der Waals surface area contributed by atoms with Crippen LogP contribution in [0.25, 0.3) is 0 Å². The van der Waals surface area contributed by atoms with Crippen molar-refractivity contribution >= 4 is 21.8 Å². The van der Waals surface area contributed by atoms with Gasteiger partial charge in [-0.2, -0.15) is 5.90 Å². The van der Waals surface area contributed by atoms with Gasteiger partial charge in [-0.25, -0.2) is 18.0 Å². The van der Waals surface area contributed by atoms with Gasteiger partial charge >= 0.3 is 12.0 Å². The number of nitrogens with one attached hydrogen (secondary N) is 2. The number of methoxy groups -OCH3 is 1. The van der Waals surface area contributed by atoms with Crippen molar-refractivity contribution in [2.75, 3.05) is 12.9 Å². The molecule has 9 nitrogen and oxygen atoms in total. The molecule has 0 radical (unpaired) electrons. The maximum absolute atomic E-state index is 12.5. The monoisotopic (exact) mass is 373 g/mol. The molecule has 0 aliphatic carbocycles. The fourth-order valence-corrected chi connectivity index (χ4v) is 3.29. The maximum Gasteiger partial charge on any atom is 0.348 e. The molecule has 0 aromatic heterocycles. The molecule has 1 atom stereocenters. The van der Waals surface area contributed by atoms with Crippen molar-refractivity contribution in [3.63, 3.8) is 0 Å². The van der Waals surface area contributed by atoms with Gasteiger partial charge in [0, 0.05) is 5.54 Å². The van der Waals surface area contributed by atoms with E-state index in [0.29, 0.717) is 5.75 Å². The summed E-state index contributed by atoms with van der Waals surface area (Å²) >= 11 is 0. The van der Waals surface area contributed by atoms with Gasteiger partial charge in [-0.15, -0.1) is 0 Å². The van der Waals surface area contributed by atoms with Crippen molar-refractivity contribution in [3.05, 3.63) is 24.3 Å². The van der Waals surface area contributed by atoms with Gasteiger partial charge in [0.05, 0.1) is 17.8 Å². The van der Waals surface area contributed by atoms with Gasteiger partial charge in [-0.1, -0.05) is 0 Å². The van der Waals surface area contributed by atoms with Crippen molar-refractivity contribution < 1.29 is 27.6 Å². The molecule has 0 bridgehead atoms. The van der Waals surface area contributed by atoms with Crippen molar-refractivity contribution in [2.45, 2.75) is 37.2 Å². The Morgan fingerprint density at radius 3 is 2.20 bits per heavy atom. The molecule has 25 heavy (non-hydrogen) atoms. The van der Waals surface area contributed by atoms with E-state index < -0.39 is 39.2 Å². The zero-order valence-electron chi connectivity index (χ0n) is 14.5. The minimum Gasteiger partial charge on any atom is -0.497 e. The summed E-state index contributed by atoms with van der Waals surface area (Å²) in [4.78, 5) is 27.7. The second-order valence-electron chi connectivity index (χ2n) is 6.29. The Hall–Kier alpha value is -2.33. The molecular weight excluding hydrogens is 350 g/mol. The van der Waals surface area contributed by atoms with Crippen LogP contribution in [0.5, 0.6) is 5.75 Å². The number of hydrogen-bond donors (Lipinski definition) is 3. The van der Waals surface area contributed by atoms with Crippen molar-refractivity contribution in [2.24, 2.45) is 5.90 Å². The number of ether oxygens (including phenoxy) is 1. The lowest BCUT2D eigenvalue weighted by atomic mass is 10.1. The number of rotatable bonds is 6. The number of sulfone groups is 1. The third-order valence-corrected chi connectivity index (χ3v) is 4.76. The van der Waals surface area contributed by atoms with Crippen LogP contribution >= 0.6 is 0 Å². The van der Waals surface area contributed by atoms with Crippen LogP contribution in [0.4, 0.5) is 4.79 Å². The fourth-order valence-electron chi connectivity index (χ4n) is 1.88. The second-order valence-corrected chi connectivity index (χ2v) is 8.33. The molecule has 0 fully saturated rings. The normalized spacial score (nSPS) is 12.8. The quantitative estimate of drug-likeness (QED) is 0.612. The maximum atomic E-state index is 12.5. The number of hydrogen-bond acceptors (Lipinski definition) is 7. The highest BCUT2D eigenvalue weighted by Crippen LogP contribution is 2.17. The molecular formula is C15H23N3O6S. The lowest BCUT2D eigenvalue weighted by Crippen LogP contribution is -2.54. The molecule has 140 valence electrons. The summed E-state index contributed by atoms with van der Waals surface area (Å²) in [7, 11) is -2.43. The molecule has 10 heteroatoms. The summed E-state index contributed by atoms with van der Waals surface area (Å²) < 4.78 is 29.9. The fraction of sp³-hybridized carbons (Fsp3) is 0.467. The topological polar surface area (TPSA) is 137 Å². The van der Waals surface area contributed by atoms with E-state index in [0.717, 1.165) is 0 Å². The Morgan fingerprint density at radius 1 is 1.20 bits per heavy atom. The van der Waals surface area contributed by atoms with E-state index in [1.165, 1.54) is 31.4 Å². The highest BCUT2D eigenvalue weighted by molar-refractivity contribution is 7.91. The van der Waals surface area contributed by atoms with Crippen LogP contribution in [-0.2, 0) is 19.5 Å². The van der Waals surface area contributed by atoms with Crippen molar-refractivity contribution in [1.29, 1.82) is 0 Å². The first-order chi connectivity index (χ1) is 11.5. The van der Waals surface area contributed by atoms with E-state index in [4.69, 9.17) is 10.6 Å². The zero-order valence-corrected chi connectivity index (χ0v) is 15.3. The van der Waals surface area contributed by atoms with Gasteiger partial charge in [0.2, 0.25) is 0 Å². The molecule has 0 aliphatic rings.